The van der Waals surface area contributed by atoms with Crippen LogP contribution in [-0.4, -0.2) is 30.7 Å². The molecule has 0 aliphatic heterocycles. The highest BCUT2D eigenvalue weighted by atomic mass is 16.4. The first-order chi connectivity index (χ1) is 10.5. The molecule has 0 bridgehead atoms. The maximum absolute atomic E-state index is 10.5. The molecule has 22 heavy (non-hydrogen) atoms. The van der Waals surface area contributed by atoms with E-state index in [1.54, 1.807) is 25.3 Å². The van der Waals surface area contributed by atoms with Crippen LogP contribution in [0.25, 0.3) is 0 Å². The third kappa shape index (κ3) is 4.03. The predicted octanol–water partition coefficient (Wildman–Crippen LogP) is 2.62. The third-order valence-corrected chi connectivity index (χ3v) is 4.74. The van der Waals surface area contributed by atoms with Gasteiger partial charge in [-0.15, -0.1) is 0 Å². The molecule has 1 atom stereocenters. The van der Waals surface area contributed by atoms with Gasteiger partial charge in [0.05, 0.1) is 12.8 Å². The number of furan rings is 1. The average Bonchev–Trinajstić information content (AvgIpc) is 2.99. The second kappa shape index (κ2) is 7.18. The van der Waals surface area contributed by atoms with E-state index >= 15 is 0 Å². The second-order valence-corrected chi connectivity index (χ2v) is 6.51. The zero-order valence-electron chi connectivity index (χ0n) is 14.0. The van der Waals surface area contributed by atoms with E-state index in [0.717, 1.165) is 19.0 Å². The van der Waals surface area contributed by atoms with Gasteiger partial charge in [0.2, 0.25) is 0 Å². The fourth-order valence-corrected chi connectivity index (χ4v) is 2.84. The molecule has 1 aliphatic rings. The molecule has 0 aromatic carbocycles. The Kier molecular flexibility index (Phi) is 5.51. The van der Waals surface area contributed by atoms with Gasteiger partial charge in [0.25, 0.3) is 0 Å². The van der Waals surface area contributed by atoms with Crippen LogP contribution in [0, 0.1) is 5.41 Å². The molecule has 124 valence electrons. The Morgan fingerprint density at radius 2 is 2.18 bits per heavy atom. The topological polar surface area (TPSA) is 69.8 Å². The van der Waals surface area contributed by atoms with Crippen LogP contribution < -0.4 is 10.6 Å². The van der Waals surface area contributed by atoms with E-state index in [2.05, 4.69) is 22.5 Å². The van der Waals surface area contributed by atoms with Gasteiger partial charge >= 0.3 is 0 Å². The number of guanidine groups is 1. The van der Waals surface area contributed by atoms with E-state index < -0.39 is 5.60 Å². The fourth-order valence-electron chi connectivity index (χ4n) is 2.84. The van der Waals surface area contributed by atoms with Crippen molar-refractivity contribution >= 4 is 5.96 Å². The SMILES string of the molecule is CCNC(=NCC(C)(O)c1ccco1)NCC1(CC)CCC1. The number of hydrogen-bond donors (Lipinski definition) is 3. The van der Waals surface area contributed by atoms with Gasteiger partial charge in [-0.05, 0) is 50.7 Å². The van der Waals surface area contributed by atoms with Crippen LogP contribution in [0.4, 0.5) is 0 Å². The van der Waals surface area contributed by atoms with E-state index in [0.29, 0.717) is 11.2 Å². The van der Waals surface area contributed by atoms with Crippen LogP contribution in [0.2, 0.25) is 0 Å². The molecule has 1 aromatic rings. The molecule has 1 aliphatic carbocycles. The van der Waals surface area contributed by atoms with Gasteiger partial charge in [-0.3, -0.25) is 0 Å². The highest BCUT2D eigenvalue weighted by Gasteiger charge is 2.35. The van der Waals surface area contributed by atoms with E-state index in [1.807, 2.05) is 6.92 Å². The summed E-state index contributed by atoms with van der Waals surface area (Å²) in [5.41, 5.74) is -0.662. The van der Waals surface area contributed by atoms with Crippen molar-refractivity contribution in [3.05, 3.63) is 24.2 Å². The van der Waals surface area contributed by atoms with Crippen molar-refractivity contribution in [1.82, 2.24) is 10.6 Å². The summed E-state index contributed by atoms with van der Waals surface area (Å²) < 4.78 is 5.29. The lowest BCUT2D eigenvalue weighted by Crippen LogP contribution is -2.46. The number of rotatable bonds is 7. The lowest BCUT2D eigenvalue weighted by molar-refractivity contribution is 0.0436. The maximum Gasteiger partial charge on any atom is 0.191 e. The molecule has 5 heteroatoms. The number of nitrogens with one attached hydrogen (secondary N) is 2. The van der Waals surface area contributed by atoms with Gasteiger partial charge in [-0.25, -0.2) is 4.99 Å². The van der Waals surface area contributed by atoms with Gasteiger partial charge in [0.15, 0.2) is 5.96 Å². The van der Waals surface area contributed by atoms with Crippen LogP contribution in [-0.2, 0) is 5.60 Å². The van der Waals surface area contributed by atoms with Crippen LogP contribution in [0.5, 0.6) is 0 Å². The van der Waals surface area contributed by atoms with Crippen LogP contribution in [0.3, 0.4) is 0 Å². The maximum atomic E-state index is 10.5. The van der Waals surface area contributed by atoms with Crippen molar-refractivity contribution < 1.29 is 9.52 Å². The normalized spacial score (nSPS) is 20.1. The first-order valence-corrected chi connectivity index (χ1v) is 8.30. The van der Waals surface area contributed by atoms with Crippen molar-refractivity contribution in [2.24, 2.45) is 10.4 Å². The zero-order chi connectivity index (χ0) is 16.1. The molecule has 0 saturated heterocycles. The Hall–Kier alpha value is -1.49. The molecule has 0 amide bonds. The Balaban J connectivity index is 1.94. The van der Waals surface area contributed by atoms with E-state index in [9.17, 15) is 5.11 Å². The van der Waals surface area contributed by atoms with Crippen molar-refractivity contribution in [2.75, 3.05) is 19.6 Å². The van der Waals surface area contributed by atoms with Crippen molar-refractivity contribution in [2.45, 2.75) is 52.1 Å². The van der Waals surface area contributed by atoms with E-state index in [-0.39, 0.29) is 6.54 Å². The largest absolute Gasteiger partial charge is 0.466 e. The lowest BCUT2D eigenvalue weighted by Gasteiger charge is -2.41. The van der Waals surface area contributed by atoms with Crippen LogP contribution in [0.1, 0.15) is 52.2 Å². The monoisotopic (exact) mass is 307 g/mol. The molecular formula is C17H29N3O2. The molecule has 0 spiro atoms. The molecule has 1 aromatic heterocycles. The number of nitrogens with zero attached hydrogens (tertiary/aromatic N) is 1. The van der Waals surface area contributed by atoms with Crippen molar-refractivity contribution in [3.8, 4) is 0 Å². The van der Waals surface area contributed by atoms with Gasteiger partial charge in [0.1, 0.15) is 11.4 Å². The van der Waals surface area contributed by atoms with Gasteiger partial charge in [-0.1, -0.05) is 13.3 Å². The first kappa shape index (κ1) is 16.9. The summed E-state index contributed by atoms with van der Waals surface area (Å²) in [4.78, 5) is 4.52. The lowest BCUT2D eigenvalue weighted by atomic mass is 9.67. The smallest absolute Gasteiger partial charge is 0.191 e. The van der Waals surface area contributed by atoms with Crippen molar-refractivity contribution in [1.29, 1.82) is 0 Å². The van der Waals surface area contributed by atoms with Gasteiger partial charge in [-0.2, -0.15) is 0 Å². The minimum atomic E-state index is -1.09. The Bertz CT molecular complexity index is 471. The zero-order valence-corrected chi connectivity index (χ0v) is 14.0. The van der Waals surface area contributed by atoms with Gasteiger partial charge in [0, 0.05) is 13.1 Å². The predicted molar refractivity (Wildman–Crippen MR) is 88.8 cm³/mol. The number of aliphatic imine (C=N–C) groups is 1. The molecule has 2 rings (SSSR count). The minimum Gasteiger partial charge on any atom is -0.466 e. The Morgan fingerprint density at radius 1 is 1.41 bits per heavy atom. The van der Waals surface area contributed by atoms with E-state index in [1.165, 1.54) is 25.7 Å². The molecule has 1 unspecified atom stereocenters. The van der Waals surface area contributed by atoms with Crippen molar-refractivity contribution in [3.63, 3.8) is 0 Å². The molecule has 0 radical (unpaired) electrons. The Morgan fingerprint density at radius 3 is 2.68 bits per heavy atom. The summed E-state index contributed by atoms with van der Waals surface area (Å²) in [6, 6.07) is 3.55. The molecule has 3 N–H and O–H groups in total. The summed E-state index contributed by atoms with van der Waals surface area (Å²) in [5, 5.41) is 17.1. The molecule has 1 heterocycles. The third-order valence-electron chi connectivity index (χ3n) is 4.74. The quantitative estimate of drug-likeness (QED) is 0.535. The highest BCUT2D eigenvalue weighted by Crippen LogP contribution is 2.42. The summed E-state index contributed by atoms with van der Waals surface area (Å²) in [6.45, 7) is 8.02. The van der Waals surface area contributed by atoms with Crippen LogP contribution in [0.15, 0.2) is 27.8 Å². The van der Waals surface area contributed by atoms with E-state index in [4.69, 9.17) is 4.42 Å². The molecule has 1 saturated carbocycles. The summed E-state index contributed by atoms with van der Waals surface area (Å²) in [5.74, 6) is 1.30. The summed E-state index contributed by atoms with van der Waals surface area (Å²) >= 11 is 0. The molecule has 1 fully saturated rings. The number of hydrogen-bond acceptors (Lipinski definition) is 3. The standard InChI is InChI=1S/C17H29N3O2/c1-4-17(9-7-10-17)13-20-15(18-5-2)19-12-16(3,21)14-8-6-11-22-14/h6,8,11,21H,4-5,7,9-10,12-13H2,1-3H3,(H2,18,19,20). The Labute approximate surface area is 133 Å². The minimum absolute atomic E-state index is 0.259. The second-order valence-electron chi connectivity index (χ2n) is 6.51. The fraction of sp³-hybridized carbons (Fsp3) is 0.706. The highest BCUT2D eigenvalue weighted by molar-refractivity contribution is 5.79. The molecule has 5 nitrogen and oxygen atoms in total. The summed E-state index contributed by atoms with van der Waals surface area (Å²) in [7, 11) is 0. The number of aliphatic hydroxyl groups is 1. The summed E-state index contributed by atoms with van der Waals surface area (Å²) in [6.07, 6.45) is 6.68. The van der Waals surface area contributed by atoms with Crippen LogP contribution >= 0.6 is 0 Å². The first-order valence-electron chi connectivity index (χ1n) is 8.30. The van der Waals surface area contributed by atoms with Gasteiger partial charge < -0.3 is 20.2 Å². The molecular weight excluding hydrogens is 278 g/mol. The average molecular weight is 307 g/mol.